The smallest absolute Gasteiger partial charge is 0.262 e. The van der Waals surface area contributed by atoms with Crippen molar-refractivity contribution in [3.63, 3.8) is 0 Å². The molecule has 1 amide bonds. The maximum absolute atomic E-state index is 12.3. The lowest BCUT2D eigenvalue weighted by atomic mass is 10.1. The summed E-state index contributed by atoms with van der Waals surface area (Å²) in [5.41, 5.74) is 3.49. The number of nitrogens with two attached hydrogens (primary N) is 1. The Morgan fingerprint density at radius 2 is 1.65 bits per heavy atom. The number of benzene rings is 2. The van der Waals surface area contributed by atoms with Gasteiger partial charge in [-0.25, -0.2) is 13.6 Å². The summed E-state index contributed by atoms with van der Waals surface area (Å²) in [4.78, 5) is 12.2. The predicted molar refractivity (Wildman–Crippen MR) is 102 cm³/mol. The van der Waals surface area contributed by atoms with Gasteiger partial charge in [-0.05, 0) is 74.2 Å². The molecule has 0 atom stereocenters. The van der Waals surface area contributed by atoms with Gasteiger partial charge < -0.3 is 10.1 Å². The summed E-state index contributed by atoms with van der Waals surface area (Å²) in [5.74, 6) is 0.184. The Hall–Kier alpha value is -2.09. The molecule has 0 fully saturated rings. The largest absolute Gasteiger partial charge is 0.483 e. The Morgan fingerprint density at radius 3 is 2.19 bits per heavy atom. The van der Waals surface area contributed by atoms with Crippen molar-refractivity contribution in [3.8, 4) is 5.75 Å². The summed E-state index contributed by atoms with van der Waals surface area (Å²) in [6, 6.07) is 6.32. The summed E-state index contributed by atoms with van der Waals surface area (Å²) in [5, 5.41) is 8.45. The van der Waals surface area contributed by atoms with Crippen LogP contribution in [0, 0.1) is 27.7 Å². The van der Waals surface area contributed by atoms with Crippen molar-refractivity contribution in [3.05, 3.63) is 51.5 Å². The maximum atomic E-state index is 12.3. The Morgan fingerprint density at radius 1 is 1.08 bits per heavy atom. The number of rotatable bonds is 5. The molecule has 0 aliphatic heterocycles. The Labute approximate surface area is 158 Å². The van der Waals surface area contributed by atoms with Crippen LogP contribution in [0.1, 0.15) is 22.3 Å². The van der Waals surface area contributed by atoms with Crippen LogP contribution in [-0.4, -0.2) is 20.9 Å². The molecule has 26 heavy (non-hydrogen) atoms. The van der Waals surface area contributed by atoms with Crippen LogP contribution in [0.25, 0.3) is 0 Å². The maximum Gasteiger partial charge on any atom is 0.262 e. The predicted octanol–water partition coefficient (Wildman–Crippen LogP) is 3.24. The van der Waals surface area contributed by atoms with Crippen molar-refractivity contribution in [2.45, 2.75) is 32.6 Å². The van der Waals surface area contributed by atoms with Crippen LogP contribution in [0.5, 0.6) is 5.75 Å². The molecule has 3 N–H and O–H groups in total. The first kappa shape index (κ1) is 20.2. The van der Waals surface area contributed by atoms with Crippen molar-refractivity contribution in [1.29, 1.82) is 0 Å². The number of hydrogen-bond donors (Lipinski definition) is 2. The number of carbonyl (C=O) groups excluding carboxylic acids is 1. The number of aryl methyl sites for hydroxylation is 3. The van der Waals surface area contributed by atoms with Gasteiger partial charge in [0, 0.05) is 10.7 Å². The van der Waals surface area contributed by atoms with Crippen molar-refractivity contribution < 1.29 is 17.9 Å². The van der Waals surface area contributed by atoms with Gasteiger partial charge in [-0.1, -0.05) is 11.6 Å². The molecule has 0 unspecified atom stereocenters. The van der Waals surface area contributed by atoms with E-state index in [9.17, 15) is 13.2 Å². The standard InChI is InChI=1S/C18H21ClN2O4S/c1-10-7-15(26(20,23)24)8-16(13(10)4)21-17(22)9-25-18-11(2)5-14(19)6-12(18)3/h5-8H,9H2,1-4H3,(H,21,22)(H2,20,23,24). The molecule has 0 spiro atoms. The van der Waals surface area contributed by atoms with Gasteiger partial charge in [0.1, 0.15) is 5.75 Å². The molecule has 0 aliphatic rings. The molecule has 2 aromatic carbocycles. The number of sulfonamides is 1. The van der Waals surface area contributed by atoms with Crippen LogP contribution in [0.15, 0.2) is 29.2 Å². The zero-order valence-corrected chi connectivity index (χ0v) is 16.6. The number of anilines is 1. The number of amides is 1. The summed E-state index contributed by atoms with van der Waals surface area (Å²) >= 11 is 5.98. The minimum absolute atomic E-state index is 0.0544. The Kier molecular flexibility index (Phi) is 5.95. The third-order valence-corrected chi connectivity index (χ3v) is 5.13. The minimum Gasteiger partial charge on any atom is -0.483 e. The summed E-state index contributed by atoms with van der Waals surface area (Å²) in [7, 11) is -3.87. The van der Waals surface area contributed by atoms with Crippen LogP contribution in [-0.2, 0) is 14.8 Å². The Bertz CT molecular complexity index is 948. The van der Waals surface area contributed by atoms with E-state index in [4.69, 9.17) is 21.5 Å². The highest BCUT2D eigenvalue weighted by molar-refractivity contribution is 7.89. The van der Waals surface area contributed by atoms with Crippen molar-refractivity contribution >= 4 is 33.2 Å². The third-order valence-electron chi connectivity index (χ3n) is 4.02. The molecular formula is C18H21ClN2O4S. The fraction of sp³-hybridized carbons (Fsp3) is 0.278. The first-order valence-electron chi connectivity index (χ1n) is 7.82. The number of halogens is 1. The quantitative estimate of drug-likeness (QED) is 0.810. The van der Waals surface area contributed by atoms with E-state index in [2.05, 4.69) is 5.32 Å². The van der Waals surface area contributed by atoms with Gasteiger partial charge >= 0.3 is 0 Å². The van der Waals surface area contributed by atoms with Crippen molar-refractivity contribution in [2.24, 2.45) is 5.14 Å². The van der Waals surface area contributed by atoms with Gasteiger partial charge in [0.25, 0.3) is 5.91 Å². The lowest BCUT2D eigenvalue weighted by molar-refractivity contribution is -0.118. The van der Waals surface area contributed by atoms with E-state index < -0.39 is 15.9 Å². The molecule has 2 rings (SSSR count). The van der Waals surface area contributed by atoms with E-state index in [1.807, 2.05) is 13.8 Å². The van der Waals surface area contributed by atoms with E-state index in [-0.39, 0.29) is 11.5 Å². The second-order valence-corrected chi connectivity index (χ2v) is 8.16. The molecule has 0 radical (unpaired) electrons. The lowest BCUT2D eigenvalue weighted by Gasteiger charge is -2.15. The molecule has 0 heterocycles. The van der Waals surface area contributed by atoms with Crippen LogP contribution < -0.4 is 15.2 Å². The van der Waals surface area contributed by atoms with E-state index in [1.54, 1.807) is 26.0 Å². The fourth-order valence-corrected chi connectivity index (χ4v) is 3.52. The minimum atomic E-state index is -3.87. The van der Waals surface area contributed by atoms with Gasteiger partial charge in [0.05, 0.1) is 4.90 Å². The van der Waals surface area contributed by atoms with Crippen molar-refractivity contribution in [1.82, 2.24) is 0 Å². The second kappa shape index (κ2) is 7.65. The number of primary sulfonamides is 1. The average molecular weight is 397 g/mol. The first-order valence-corrected chi connectivity index (χ1v) is 9.75. The molecule has 8 heteroatoms. The molecule has 0 saturated heterocycles. The first-order chi connectivity index (χ1) is 12.0. The summed E-state index contributed by atoms with van der Waals surface area (Å²) < 4.78 is 28.8. The van der Waals surface area contributed by atoms with E-state index >= 15 is 0 Å². The third kappa shape index (κ3) is 4.75. The fourth-order valence-electron chi connectivity index (χ4n) is 2.57. The SMILES string of the molecule is Cc1cc(S(N)(=O)=O)cc(NC(=O)COc2c(C)cc(Cl)cc2C)c1C. The number of ether oxygens (including phenoxy) is 1. The molecule has 6 nitrogen and oxygen atoms in total. The average Bonchev–Trinajstić information content (AvgIpc) is 2.49. The molecule has 0 bridgehead atoms. The highest BCUT2D eigenvalue weighted by Crippen LogP contribution is 2.27. The molecule has 2 aromatic rings. The van der Waals surface area contributed by atoms with E-state index in [0.29, 0.717) is 22.0 Å². The van der Waals surface area contributed by atoms with Gasteiger partial charge in [-0.2, -0.15) is 0 Å². The molecule has 140 valence electrons. The van der Waals surface area contributed by atoms with Gasteiger partial charge in [-0.3, -0.25) is 4.79 Å². The molecular weight excluding hydrogens is 376 g/mol. The van der Waals surface area contributed by atoms with Crippen LogP contribution >= 0.6 is 11.6 Å². The molecule has 0 aromatic heterocycles. The monoisotopic (exact) mass is 396 g/mol. The number of nitrogens with one attached hydrogen (secondary N) is 1. The van der Waals surface area contributed by atoms with Crippen LogP contribution in [0.4, 0.5) is 5.69 Å². The zero-order chi connectivity index (χ0) is 19.6. The Balaban J connectivity index is 2.17. The van der Waals surface area contributed by atoms with E-state index in [1.165, 1.54) is 12.1 Å². The topological polar surface area (TPSA) is 98.5 Å². The lowest BCUT2D eigenvalue weighted by Crippen LogP contribution is -2.22. The molecule has 0 aliphatic carbocycles. The highest BCUT2D eigenvalue weighted by atomic mass is 35.5. The zero-order valence-electron chi connectivity index (χ0n) is 15.0. The summed E-state index contributed by atoms with van der Waals surface area (Å²) in [6.07, 6.45) is 0. The van der Waals surface area contributed by atoms with Crippen LogP contribution in [0.2, 0.25) is 5.02 Å². The number of carbonyl (C=O) groups is 1. The van der Waals surface area contributed by atoms with E-state index in [0.717, 1.165) is 16.7 Å². The van der Waals surface area contributed by atoms with Crippen LogP contribution in [0.3, 0.4) is 0 Å². The van der Waals surface area contributed by atoms with Gasteiger partial charge in [0.15, 0.2) is 6.61 Å². The summed E-state index contributed by atoms with van der Waals surface area (Å²) in [6.45, 7) is 6.99. The van der Waals surface area contributed by atoms with Gasteiger partial charge in [0.2, 0.25) is 10.0 Å². The van der Waals surface area contributed by atoms with Gasteiger partial charge in [-0.15, -0.1) is 0 Å². The van der Waals surface area contributed by atoms with Crippen molar-refractivity contribution in [2.75, 3.05) is 11.9 Å². The second-order valence-electron chi connectivity index (χ2n) is 6.16. The highest BCUT2D eigenvalue weighted by Gasteiger charge is 2.15. The normalized spacial score (nSPS) is 11.3. The molecule has 0 saturated carbocycles. The number of hydrogen-bond acceptors (Lipinski definition) is 4.